The number of aliphatic imine (C=N–C) groups is 1. The minimum atomic E-state index is 0.668. The lowest BCUT2D eigenvalue weighted by atomic mass is 10.1. The van der Waals surface area contributed by atoms with Crippen molar-refractivity contribution >= 4 is 5.96 Å². The van der Waals surface area contributed by atoms with E-state index < -0.39 is 0 Å². The summed E-state index contributed by atoms with van der Waals surface area (Å²) in [6, 6.07) is 2.08. The van der Waals surface area contributed by atoms with Crippen molar-refractivity contribution in [3.8, 4) is 0 Å². The number of nitrogens with one attached hydrogen (secondary N) is 2. The molecule has 6 heteroatoms. The molecule has 6 nitrogen and oxygen atoms in total. The Morgan fingerprint density at radius 3 is 2.77 bits per heavy atom. The number of nitrogens with zero attached hydrogens (tertiary/aromatic N) is 3. The van der Waals surface area contributed by atoms with Crippen molar-refractivity contribution in [2.75, 3.05) is 13.1 Å². The minimum Gasteiger partial charge on any atom is -0.361 e. The molecular formula is C16H25N5O. The van der Waals surface area contributed by atoms with Gasteiger partial charge in [0, 0.05) is 38.1 Å². The van der Waals surface area contributed by atoms with Crippen LogP contribution in [-0.2, 0) is 20.0 Å². The second-order valence-corrected chi connectivity index (χ2v) is 5.36. The zero-order chi connectivity index (χ0) is 15.9. The maximum absolute atomic E-state index is 5.18. The Balaban J connectivity index is 1.88. The van der Waals surface area contributed by atoms with Crippen LogP contribution >= 0.6 is 0 Å². The van der Waals surface area contributed by atoms with Gasteiger partial charge in [-0.3, -0.25) is 0 Å². The lowest BCUT2D eigenvalue weighted by Gasteiger charge is -2.11. The van der Waals surface area contributed by atoms with E-state index in [0.29, 0.717) is 6.54 Å². The van der Waals surface area contributed by atoms with E-state index in [0.717, 1.165) is 36.9 Å². The Kier molecular flexibility index (Phi) is 5.63. The van der Waals surface area contributed by atoms with Crippen molar-refractivity contribution in [1.29, 1.82) is 0 Å². The van der Waals surface area contributed by atoms with Crippen molar-refractivity contribution in [3.05, 3.63) is 41.0 Å². The van der Waals surface area contributed by atoms with Gasteiger partial charge in [-0.05, 0) is 38.8 Å². The molecule has 2 rings (SSSR count). The molecule has 2 N–H and O–H groups in total. The molecule has 0 atom stereocenters. The van der Waals surface area contributed by atoms with Crippen LogP contribution in [0.2, 0.25) is 0 Å². The average molecular weight is 303 g/mol. The van der Waals surface area contributed by atoms with Crippen molar-refractivity contribution < 1.29 is 4.52 Å². The topological polar surface area (TPSA) is 67.4 Å². The van der Waals surface area contributed by atoms with Gasteiger partial charge in [0.1, 0.15) is 5.76 Å². The monoisotopic (exact) mass is 303 g/mol. The third-order valence-corrected chi connectivity index (χ3v) is 3.51. The molecule has 2 aromatic rings. The van der Waals surface area contributed by atoms with Crippen LogP contribution in [0.25, 0.3) is 0 Å². The molecule has 0 aliphatic heterocycles. The summed E-state index contributed by atoms with van der Waals surface area (Å²) in [5.74, 6) is 1.73. The Morgan fingerprint density at radius 1 is 1.36 bits per heavy atom. The zero-order valence-electron chi connectivity index (χ0n) is 13.8. The van der Waals surface area contributed by atoms with Crippen molar-refractivity contribution in [3.63, 3.8) is 0 Å². The van der Waals surface area contributed by atoms with Crippen LogP contribution in [0.3, 0.4) is 0 Å². The van der Waals surface area contributed by atoms with E-state index in [-0.39, 0.29) is 0 Å². The highest BCUT2D eigenvalue weighted by Crippen LogP contribution is 2.12. The van der Waals surface area contributed by atoms with Crippen LogP contribution in [0.5, 0.6) is 0 Å². The van der Waals surface area contributed by atoms with Gasteiger partial charge in [0.25, 0.3) is 0 Å². The van der Waals surface area contributed by atoms with E-state index >= 15 is 0 Å². The summed E-state index contributed by atoms with van der Waals surface area (Å²) in [5.41, 5.74) is 3.34. The van der Waals surface area contributed by atoms with Gasteiger partial charge in [-0.15, -0.1) is 0 Å². The lowest BCUT2D eigenvalue weighted by Crippen LogP contribution is -2.38. The minimum absolute atomic E-state index is 0.668. The highest BCUT2D eigenvalue weighted by molar-refractivity contribution is 5.79. The molecule has 22 heavy (non-hydrogen) atoms. The molecule has 0 unspecified atom stereocenters. The summed E-state index contributed by atoms with van der Waals surface area (Å²) in [7, 11) is 2.01. The number of guanidine groups is 1. The molecule has 0 amide bonds. The quantitative estimate of drug-likeness (QED) is 0.632. The third kappa shape index (κ3) is 4.38. The summed E-state index contributed by atoms with van der Waals surface area (Å²) in [6.45, 7) is 8.29. The van der Waals surface area contributed by atoms with Crippen LogP contribution in [0.4, 0.5) is 0 Å². The molecule has 2 aromatic heterocycles. The van der Waals surface area contributed by atoms with Crippen molar-refractivity contribution in [2.24, 2.45) is 12.0 Å². The lowest BCUT2D eigenvalue weighted by molar-refractivity contribution is 0.392. The summed E-state index contributed by atoms with van der Waals surface area (Å²) in [5, 5.41) is 10.6. The van der Waals surface area contributed by atoms with E-state index in [1.165, 1.54) is 11.1 Å². The summed E-state index contributed by atoms with van der Waals surface area (Å²) < 4.78 is 7.21. The predicted molar refractivity (Wildman–Crippen MR) is 87.9 cm³/mol. The van der Waals surface area contributed by atoms with Gasteiger partial charge in [0.15, 0.2) is 5.96 Å². The summed E-state index contributed by atoms with van der Waals surface area (Å²) >= 11 is 0. The fourth-order valence-corrected chi connectivity index (χ4v) is 2.33. The van der Waals surface area contributed by atoms with Gasteiger partial charge in [-0.2, -0.15) is 0 Å². The number of hydrogen-bond donors (Lipinski definition) is 2. The Hall–Kier alpha value is -2.24. The number of rotatable bonds is 6. The molecule has 0 saturated carbocycles. The molecule has 0 aliphatic carbocycles. The van der Waals surface area contributed by atoms with Gasteiger partial charge in [0.05, 0.1) is 12.2 Å². The van der Waals surface area contributed by atoms with E-state index in [2.05, 4.69) is 40.0 Å². The van der Waals surface area contributed by atoms with E-state index in [1.54, 1.807) is 0 Å². The molecule has 0 aromatic carbocycles. The molecular weight excluding hydrogens is 278 g/mol. The van der Waals surface area contributed by atoms with Crippen LogP contribution in [0.15, 0.2) is 28.0 Å². The van der Waals surface area contributed by atoms with Crippen LogP contribution in [-0.4, -0.2) is 28.8 Å². The van der Waals surface area contributed by atoms with Crippen LogP contribution in [0.1, 0.15) is 29.5 Å². The fourth-order valence-electron chi connectivity index (χ4n) is 2.33. The highest BCUT2D eigenvalue weighted by atomic mass is 16.5. The number of aryl methyl sites for hydroxylation is 3. The highest BCUT2D eigenvalue weighted by Gasteiger charge is 2.08. The second-order valence-electron chi connectivity index (χ2n) is 5.36. The number of aromatic nitrogens is 2. The number of hydrogen-bond acceptors (Lipinski definition) is 3. The van der Waals surface area contributed by atoms with Gasteiger partial charge < -0.3 is 19.7 Å². The van der Waals surface area contributed by atoms with Gasteiger partial charge in [-0.1, -0.05) is 5.16 Å². The average Bonchev–Trinajstić information content (AvgIpc) is 3.04. The Morgan fingerprint density at radius 2 is 2.18 bits per heavy atom. The molecule has 2 heterocycles. The first-order valence-corrected chi connectivity index (χ1v) is 7.65. The van der Waals surface area contributed by atoms with Crippen LogP contribution < -0.4 is 10.6 Å². The largest absolute Gasteiger partial charge is 0.361 e. The van der Waals surface area contributed by atoms with Gasteiger partial charge in [-0.25, -0.2) is 4.99 Å². The normalized spacial score (nSPS) is 11.7. The maximum Gasteiger partial charge on any atom is 0.191 e. The predicted octanol–water partition coefficient (Wildman–Crippen LogP) is 1.93. The molecule has 0 aliphatic rings. The first-order chi connectivity index (χ1) is 10.6. The van der Waals surface area contributed by atoms with Crippen molar-refractivity contribution in [2.45, 2.75) is 33.7 Å². The fraction of sp³-hybridized carbons (Fsp3) is 0.500. The van der Waals surface area contributed by atoms with E-state index in [4.69, 9.17) is 4.52 Å². The first-order valence-electron chi connectivity index (χ1n) is 7.65. The van der Waals surface area contributed by atoms with Gasteiger partial charge in [0.2, 0.25) is 0 Å². The van der Waals surface area contributed by atoms with Crippen LogP contribution in [0, 0.1) is 13.8 Å². The molecule has 0 radical (unpaired) electrons. The summed E-state index contributed by atoms with van der Waals surface area (Å²) in [4.78, 5) is 4.60. The van der Waals surface area contributed by atoms with E-state index in [1.807, 2.05) is 31.7 Å². The molecule has 0 saturated heterocycles. The Bertz CT molecular complexity index is 607. The standard InChI is InChI=1S/C16H25N5O/c1-5-17-16(19-10-14-7-9-21(4)11-14)18-8-6-15-12(2)20-22-13(15)3/h7,9,11H,5-6,8,10H2,1-4H3,(H2,17,18,19). The molecule has 0 spiro atoms. The first kappa shape index (κ1) is 16.1. The molecule has 120 valence electrons. The Labute approximate surface area is 131 Å². The van der Waals surface area contributed by atoms with E-state index in [9.17, 15) is 0 Å². The smallest absolute Gasteiger partial charge is 0.191 e. The summed E-state index contributed by atoms with van der Waals surface area (Å²) in [6.07, 6.45) is 4.98. The second kappa shape index (κ2) is 7.68. The molecule has 0 fully saturated rings. The van der Waals surface area contributed by atoms with Gasteiger partial charge >= 0.3 is 0 Å². The molecule has 0 bridgehead atoms. The zero-order valence-corrected chi connectivity index (χ0v) is 13.8. The van der Waals surface area contributed by atoms with Crippen molar-refractivity contribution in [1.82, 2.24) is 20.4 Å². The SMILES string of the molecule is CCNC(=NCc1ccn(C)c1)NCCc1c(C)noc1C. The maximum atomic E-state index is 5.18. The third-order valence-electron chi connectivity index (χ3n) is 3.51.